The van der Waals surface area contributed by atoms with E-state index in [2.05, 4.69) is 25.7 Å². The number of nitrogens with one attached hydrogen (secondary N) is 3. The van der Waals surface area contributed by atoms with E-state index in [1.165, 1.54) is 7.11 Å². The minimum Gasteiger partial charge on any atom is -0.453 e. The Morgan fingerprint density at radius 1 is 1.03 bits per heavy atom. The van der Waals surface area contributed by atoms with E-state index in [1.54, 1.807) is 24.8 Å². The molecule has 1 fully saturated rings. The molecule has 0 saturated heterocycles. The van der Waals surface area contributed by atoms with E-state index in [9.17, 15) is 14.4 Å². The van der Waals surface area contributed by atoms with E-state index in [0.29, 0.717) is 11.4 Å². The number of rotatable bonds is 6. The average molecular weight is 469 g/mol. The number of aliphatic imine (C=N–C) groups is 1. The van der Waals surface area contributed by atoms with Crippen molar-refractivity contribution in [2.75, 3.05) is 12.4 Å². The Morgan fingerprint density at radius 2 is 1.76 bits per heavy atom. The predicted molar refractivity (Wildman–Crippen MR) is 129 cm³/mol. The maximum Gasteiger partial charge on any atom is 0.413 e. The average Bonchev–Trinajstić information content (AvgIpc) is 3.36. The van der Waals surface area contributed by atoms with Crippen LogP contribution in [0.25, 0.3) is 0 Å². The Kier molecular flexibility index (Phi) is 8.88. The summed E-state index contributed by atoms with van der Waals surface area (Å²) in [5.74, 6) is -0.475. The van der Waals surface area contributed by atoms with Crippen molar-refractivity contribution < 1.29 is 19.1 Å². The van der Waals surface area contributed by atoms with Gasteiger partial charge in [-0.05, 0) is 43.2 Å². The number of benzene rings is 2. The lowest BCUT2D eigenvalue weighted by molar-refractivity contribution is -0.120. The molecule has 0 atom stereocenters. The van der Waals surface area contributed by atoms with Gasteiger partial charge in [0.2, 0.25) is 17.8 Å². The van der Waals surface area contributed by atoms with Crippen molar-refractivity contribution in [1.29, 1.82) is 0 Å². The van der Waals surface area contributed by atoms with Crippen molar-refractivity contribution in [3.05, 3.63) is 48.5 Å². The third kappa shape index (κ3) is 7.35. The van der Waals surface area contributed by atoms with Crippen LogP contribution in [0.4, 0.5) is 16.2 Å². The largest absolute Gasteiger partial charge is 0.453 e. The van der Waals surface area contributed by atoms with Crippen LogP contribution in [-0.4, -0.2) is 31.0 Å². The van der Waals surface area contributed by atoms with Crippen LogP contribution < -0.4 is 16.0 Å². The number of alkyl carbamates (subject to hydrolysis) is 1. The molecule has 0 radical (unpaired) electrons. The smallest absolute Gasteiger partial charge is 0.413 e. The first-order chi connectivity index (χ1) is 16.0. The van der Waals surface area contributed by atoms with Gasteiger partial charge in [-0.3, -0.25) is 20.2 Å². The quantitative estimate of drug-likeness (QED) is 0.415. The number of hydrogen-bond donors (Lipinski definition) is 3. The highest BCUT2D eigenvalue weighted by atomic mass is 32.2. The first-order valence-corrected chi connectivity index (χ1v) is 11.7. The van der Waals surface area contributed by atoms with E-state index in [4.69, 9.17) is 0 Å². The number of carbonyl (C=O) groups excluding carboxylic acids is 3. The number of anilines is 1. The third-order valence-corrected chi connectivity index (χ3v) is 6.15. The minimum atomic E-state index is -0.766. The fraction of sp³-hybridized carbons (Fsp3) is 0.333. The molecule has 2 aromatic rings. The molecule has 0 aliphatic heterocycles. The van der Waals surface area contributed by atoms with Crippen LogP contribution in [0.5, 0.6) is 0 Å². The lowest BCUT2D eigenvalue weighted by atomic mass is 10.1. The lowest BCUT2D eigenvalue weighted by Crippen LogP contribution is -2.43. The molecule has 3 amide bonds. The van der Waals surface area contributed by atoms with Gasteiger partial charge >= 0.3 is 6.09 Å². The number of carbonyl (C=O) groups is 3. The number of hydrogen-bond acceptors (Lipinski definition) is 6. The molecule has 2 aromatic carbocycles. The van der Waals surface area contributed by atoms with Crippen LogP contribution in [0.2, 0.25) is 0 Å². The molecule has 0 spiro atoms. The molecule has 1 aliphatic carbocycles. The maximum absolute atomic E-state index is 12.8. The standard InChI is InChI=1S/C24H28N4O4S/c1-3-21(29)27-23(28-24(31)32-2)26-19-14-13-18(33-17-11-5-4-6-12-17)15-20(19)25-22(30)16-9-7-8-10-16/h4-6,11-16H,3,7-10H2,1-2H3,(H,25,30)(H2,26,27,28,29,31). The number of amides is 3. The van der Waals surface area contributed by atoms with Crippen LogP contribution in [0.1, 0.15) is 39.0 Å². The SMILES string of the molecule is CCC(=O)NC(=Nc1ccc(Sc2ccccc2)cc1NC(=O)C1CCCC1)NC(=O)OC. The summed E-state index contributed by atoms with van der Waals surface area (Å²) in [5.41, 5.74) is 0.907. The summed E-state index contributed by atoms with van der Waals surface area (Å²) in [4.78, 5) is 42.9. The number of guanidine groups is 1. The summed E-state index contributed by atoms with van der Waals surface area (Å²) < 4.78 is 4.63. The molecule has 0 bridgehead atoms. The van der Waals surface area contributed by atoms with E-state index < -0.39 is 6.09 Å². The second-order valence-corrected chi connectivity index (χ2v) is 8.69. The molecule has 3 rings (SSSR count). The highest BCUT2D eigenvalue weighted by molar-refractivity contribution is 7.99. The van der Waals surface area contributed by atoms with E-state index >= 15 is 0 Å². The topological polar surface area (TPSA) is 109 Å². The third-order valence-electron chi connectivity index (χ3n) is 5.15. The monoisotopic (exact) mass is 468 g/mol. The Labute approximate surface area is 197 Å². The van der Waals surface area contributed by atoms with Crippen molar-refractivity contribution in [2.45, 2.75) is 48.8 Å². The van der Waals surface area contributed by atoms with Gasteiger partial charge in [0.1, 0.15) is 0 Å². The van der Waals surface area contributed by atoms with Gasteiger partial charge in [-0.25, -0.2) is 9.79 Å². The fourth-order valence-electron chi connectivity index (χ4n) is 3.40. The molecule has 1 saturated carbocycles. The molecule has 0 heterocycles. The zero-order valence-corrected chi connectivity index (χ0v) is 19.5. The summed E-state index contributed by atoms with van der Waals surface area (Å²) in [6, 6.07) is 15.4. The Morgan fingerprint density at radius 3 is 2.42 bits per heavy atom. The van der Waals surface area contributed by atoms with Gasteiger partial charge < -0.3 is 10.1 Å². The second-order valence-electron chi connectivity index (χ2n) is 7.54. The highest BCUT2D eigenvalue weighted by Crippen LogP contribution is 2.35. The first kappa shape index (κ1) is 24.3. The van der Waals surface area contributed by atoms with E-state index in [1.807, 2.05) is 42.5 Å². The highest BCUT2D eigenvalue weighted by Gasteiger charge is 2.23. The Balaban J connectivity index is 1.93. The Bertz CT molecular complexity index is 1000. The van der Waals surface area contributed by atoms with Crippen LogP contribution >= 0.6 is 11.8 Å². The van der Waals surface area contributed by atoms with Crippen LogP contribution in [0.15, 0.2) is 63.3 Å². The molecule has 8 nitrogen and oxygen atoms in total. The van der Waals surface area contributed by atoms with Crippen molar-refractivity contribution in [2.24, 2.45) is 10.9 Å². The van der Waals surface area contributed by atoms with Crippen LogP contribution in [-0.2, 0) is 14.3 Å². The maximum atomic E-state index is 12.8. The minimum absolute atomic E-state index is 0.0280. The summed E-state index contributed by atoms with van der Waals surface area (Å²) in [7, 11) is 1.22. The first-order valence-electron chi connectivity index (χ1n) is 10.9. The molecule has 0 aromatic heterocycles. The lowest BCUT2D eigenvalue weighted by Gasteiger charge is -2.15. The molecule has 33 heavy (non-hydrogen) atoms. The van der Waals surface area contributed by atoms with Crippen molar-refractivity contribution in [3.63, 3.8) is 0 Å². The van der Waals surface area contributed by atoms with E-state index in [-0.39, 0.29) is 30.1 Å². The van der Waals surface area contributed by atoms with Crippen molar-refractivity contribution in [1.82, 2.24) is 10.6 Å². The van der Waals surface area contributed by atoms with Crippen LogP contribution in [0.3, 0.4) is 0 Å². The van der Waals surface area contributed by atoms with Gasteiger partial charge in [0, 0.05) is 22.1 Å². The molecule has 9 heteroatoms. The molecule has 174 valence electrons. The van der Waals surface area contributed by atoms with Gasteiger partial charge in [0.05, 0.1) is 18.5 Å². The van der Waals surface area contributed by atoms with Gasteiger partial charge in [-0.1, -0.05) is 49.7 Å². The summed E-state index contributed by atoms with van der Waals surface area (Å²) in [5, 5.41) is 7.96. The van der Waals surface area contributed by atoms with E-state index in [0.717, 1.165) is 35.5 Å². The molecule has 0 unspecified atom stereocenters. The molecule has 1 aliphatic rings. The van der Waals surface area contributed by atoms with Gasteiger partial charge in [-0.15, -0.1) is 0 Å². The van der Waals surface area contributed by atoms with Crippen LogP contribution in [0, 0.1) is 5.92 Å². The second kappa shape index (κ2) is 12.1. The number of methoxy groups -OCH3 is 1. The van der Waals surface area contributed by atoms with Crippen molar-refractivity contribution in [3.8, 4) is 0 Å². The molecule has 3 N–H and O–H groups in total. The molecular formula is C24H28N4O4S. The van der Waals surface area contributed by atoms with Gasteiger partial charge in [0.15, 0.2) is 0 Å². The zero-order valence-electron chi connectivity index (χ0n) is 18.7. The number of nitrogens with zero attached hydrogens (tertiary/aromatic N) is 1. The summed E-state index contributed by atoms with van der Waals surface area (Å²) in [6.45, 7) is 1.69. The summed E-state index contributed by atoms with van der Waals surface area (Å²) >= 11 is 1.56. The Hall–Kier alpha value is -3.33. The number of ether oxygens (including phenoxy) is 1. The predicted octanol–water partition coefficient (Wildman–Crippen LogP) is 4.84. The molecular weight excluding hydrogens is 440 g/mol. The normalized spacial score (nSPS) is 13.9. The van der Waals surface area contributed by atoms with Gasteiger partial charge in [0.25, 0.3) is 0 Å². The summed E-state index contributed by atoms with van der Waals surface area (Å²) in [6.07, 6.45) is 3.26. The van der Waals surface area contributed by atoms with Crippen molar-refractivity contribution >= 4 is 47.0 Å². The van der Waals surface area contributed by atoms with Gasteiger partial charge in [-0.2, -0.15) is 0 Å². The zero-order chi connectivity index (χ0) is 23.6. The fourth-order valence-corrected chi connectivity index (χ4v) is 4.28.